The van der Waals surface area contributed by atoms with E-state index in [0.29, 0.717) is 11.3 Å². The smallest absolute Gasteiger partial charge is 0.229 e. The number of aryl methyl sites for hydroxylation is 1. The van der Waals surface area contributed by atoms with Gasteiger partial charge in [-0.15, -0.1) is 0 Å². The predicted molar refractivity (Wildman–Crippen MR) is 69.1 cm³/mol. The summed E-state index contributed by atoms with van der Waals surface area (Å²) in [7, 11) is 0. The molecule has 0 spiro atoms. The maximum Gasteiger partial charge on any atom is 0.229 e. The molecule has 1 heterocycles. The Balaban J connectivity index is 2.00. The second-order valence-corrected chi connectivity index (χ2v) is 5.28. The molecule has 1 amide bonds. The molecule has 1 aromatic carbocycles. The number of nitrogens with one attached hydrogen (secondary N) is 2. The number of anilines is 2. The van der Waals surface area contributed by atoms with Crippen molar-refractivity contribution in [2.75, 3.05) is 10.6 Å². The summed E-state index contributed by atoms with van der Waals surface area (Å²) >= 11 is 0. The van der Waals surface area contributed by atoms with Crippen LogP contribution in [0, 0.1) is 18.7 Å². The van der Waals surface area contributed by atoms with E-state index in [9.17, 15) is 9.18 Å². The molecular weight excluding hydrogens is 231 g/mol. The molecular formula is C14H17FN2O. The Hall–Kier alpha value is -1.58. The Labute approximate surface area is 106 Å². The van der Waals surface area contributed by atoms with Crippen molar-refractivity contribution in [3.8, 4) is 0 Å². The van der Waals surface area contributed by atoms with Crippen LogP contribution in [0.15, 0.2) is 12.1 Å². The third-order valence-corrected chi connectivity index (χ3v) is 4.00. The van der Waals surface area contributed by atoms with E-state index in [1.54, 1.807) is 13.0 Å². The fraction of sp³-hybridized carbons (Fsp3) is 0.500. The monoisotopic (exact) mass is 248 g/mol. The van der Waals surface area contributed by atoms with Crippen molar-refractivity contribution >= 4 is 17.3 Å². The van der Waals surface area contributed by atoms with Crippen LogP contribution in [0.5, 0.6) is 0 Å². The van der Waals surface area contributed by atoms with Crippen LogP contribution in [0.1, 0.15) is 31.2 Å². The number of benzene rings is 1. The minimum Gasteiger partial charge on any atom is -0.380 e. The van der Waals surface area contributed by atoms with Crippen LogP contribution in [0.3, 0.4) is 0 Å². The topological polar surface area (TPSA) is 41.1 Å². The van der Waals surface area contributed by atoms with Gasteiger partial charge in [-0.05, 0) is 37.5 Å². The van der Waals surface area contributed by atoms with Gasteiger partial charge < -0.3 is 10.6 Å². The highest BCUT2D eigenvalue weighted by atomic mass is 19.1. The molecule has 2 aliphatic rings. The molecule has 2 atom stereocenters. The first-order chi connectivity index (χ1) is 8.65. The fourth-order valence-electron chi connectivity index (χ4n) is 2.95. The highest BCUT2D eigenvalue weighted by Gasteiger charge is 2.34. The van der Waals surface area contributed by atoms with Gasteiger partial charge in [-0.3, -0.25) is 4.79 Å². The number of halogens is 1. The van der Waals surface area contributed by atoms with Crippen LogP contribution >= 0.6 is 0 Å². The van der Waals surface area contributed by atoms with E-state index in [1.165, 1.54) is 6.07 Å². The van der Waals surface area contributed by atoms with Crippen LogP contribution in [0.4, 0.5) is 15.8 Å². The first-order valence-electron chi connectivity index (χ1n) is 6.52. The summed E-state index contributed by atoms with van der Waals surface area (Å²) < 4.78 is 13.6. The Morgan fingerprint density at radius 1 is 1.22 bits per heavy atom. The molecule has 4 heteroatoms. The summed E-state index contributed by atoms with van der Waals surface area (Å²) in [6, 6.07) is 3.37. The molecule has 1 fully saturated rings. The number of carbonyl (C=O) groups is 1. The first kappa shape index (κ1) is 11.5. The summed E-state index contributed by atoms with van der Waals surface area (Å²) in [5.41, 5.74) is 2.01. The molecule has 1 saturated carbocycles. The van der Waals surface area contributed by atoms with E-state index in [2.05, 4.69) is 10.6 Å². The molecule has 0 saturated heterocycles. The molecule has 0 radical (unpaired) electrons. The lowest BCUT2D eigenvalue weighted by atomic mass is 9.84. The van der Waals surface area contributed by atoms with Gasteiger partial charge in [-0.1, -0.05) is 12.8 Å². The van der Waals surface area contributed by atoms with Crippen molar-refractivity contribution < 1.29 is 9.18 Å². The molecule has 1 aromatic rings. The summed E-state index contributed by atoms with van der Waals surface area (Å²) in [6.45, 7) is 1.74. The zero-order valence-corrected chi connectivity index (χ0v) is 10.4. The predicted octanol–water partition coefficient (Wildman–Crippen LogP) is 3.06. The summed E-state index contributed by atoms with van der Waals surface area (Å²) in [5, 5.41) is 6.26. The average molecular weight is 248 g/mol. The van der Waals surface area contributed by atoms with Crippen molar-refractivity contribution in [1.82, 2.24) is 0 Å². The van der Waals surface area contributed by atoms with Gasteiger partial charge in [0.2, 0.25) is 5.91 Å². The summed E-state index contributed by atoms with van der Waals surface area (Å²) in [5.74, 6) is -0.246. The zero-order valence-electron chi connectivity index (χ0n) is 10.4. The molecule has 0 bridgehead atoms. The van der Waals surface area contributed by atoms with Crippen molar-refractivity contribution in [1.29, 1.82) is 0 Å². The minimum absolute atomic E-state index is 0.00881. The maximum atomic E-state index is 13.6. The Morgan fingerprint density at radius 2 is 2.00 bits per heavy atom. The molecule has 18 heavy (non-hydrogen) atoms. The molecule has 2 N–H and O–H groups in total. The van der Waals surface area contributed by atoms with Crippen LogP contribution in [0.25, 0.3) is 0 Å². The first-order valence-corrected chi connectivity index (χ1v) is 6.52. The van der Waals surface area contributed by atoms with Crippen molar-refractivity contribution in [2.45, 2.75) is 38.6 Å². The molecule has 0 aromatic heterocycles. The van der Waals surface area contributed by atoms with Crippen molar-refractivity contribution in [3.63, 3.8) is 0 Å². The number of fused-ring (bicyclic) bond motifs is 2. The van der Waals surface area contributed by atoms with Crippen LogP contribution in [-0.4, -0.2) is 11.9 Å². The van der Waals surface area contributed by atoms with E-state index < -0.39 is 0 Å². The number of hydrogen-bond acceptors (Lipinski definition) is 2. The largest absolute Gasteiger partial charge is 0.380 e. The van der Waals surface area contributed by atoms with Gasteiger partial charge in [0, 0.05) is 6.04 Å². The van der Waals surface area contributed by atoms with Gasteiger partial charge in [0.1, 0.15) is 5.82 Å². The van der Waals surface area contributed by atoms with Gasteiger partial charge in [-0.2, -0.15) is 0 Å². The van der Waals surface area contributed by atoms with Gasteiger partial charge in [0.05, 0.1) is 17.3 Å². The lowest BCUT2D eigenvalue weighted by Gasteiger charge is -2.29. The van der Waals surface area contributed by atoms with Gasteiger partial charge >= 0.3 is 0 Å². The maximum absolute atomic E-state index is 13.6. The Morgan fingerprint density at radius 3 is 2.83 bits per heavy atom. The van der Waals surface area contributed by atoms with Crippen molar-refractivity contribution in [3.05, 3.63) is 23.5 Å². The quantitative estimate of drug-likeness (QED) is 0.741. The van der Waals surface area contributed by atoms with Crippen LogP contribution in [0.2, 0.25) is 0 Å². The molecule has 3 nitrogen and oxygen atoms in total. The molecule has 1 aliphatic heterocycles. The van der Waals surface area contributed by atoms with Gasteiger partial charge in [0.15, 0.2) is 0 Å². The molecule has 1 aliphatic carbocycles. The summed E-state index contributed by atoms with van der Waals surface area (Å²) in [4.78, 5) is 12.1. The summed E-state index contributed by atoms with van der Waals surface area (Å²) in [6.07, 6.45) is 4.17. The second kappa shape index (κ2) is 4.26. The lowest BCUT2D eigenvalue weighted by molar-refractivity contribution is -0.120. The SMILES string of the molecule is Cc1cc2c(cc1F)NC(=O)C1CCCCC1N2. The van der Waals surface area contributed by atoms with Gasteiger partial charge in [-0.25, -0.2) is 4.39 Å². The van der Waals surface area contributed by atoms with E-state index in [1.807, 2.05) is 0 Å². The van der Waals surface area contributed by atoms with Crippen molar-refractivity contribution in [2.24, 2.45) is 5.92 Å². The number of rotatable bonds is 0. The van der Waals surface area contributed by atoms with Gasteiger partial charge in [0.25, 0.3) is 0 Å². The van der Waals surface area contributed by atoms with Crippen LogP contribution < -0.4 is 10.6 Å². The van der Waals surface area contributed by atoms with E-state index in [4.69, 9.17) is 0 Å². The number of amides is 1. The third kappa shape index (κ3) is 1.85. The van der Waals surface area contributed by atoms with Crippen LogP contribution in [-0.2, 0) is 4.79 Å². The lowest BCUT2D eigenvalue weighted by Crippen LogP contribution is -2.37. The second-order valence-electron chi connectivity index (χ2n) is 5.28. The highest BCUT2D eigenvalue weighted by Crippen LogP contribution is 2.35. The number of carbonyl (C=O) groups excluding carboxylic acids is 1. The Kier molecular flexibility index (Phi) is 2.73. The average Bonchev–Trinajstić information content (AvgIpc) is 2.48. The molecule has 2 unspecified atom stereocenters. The molecule has 96 valence electrons. The third-order valence-electron chi connectivity index (χ3n) is 4.00. The fourth-order valence-corrected chi connectivity index (χ4v) is 2.95. The minimum atomic E-state index is -0.277. The standard InChI is InChI=1S/C14H17FN2O/c1-8-6-12-13(7-10(8)15)17-14(18)9-4-2-3-5-11(9)16-12/h6-7,9,11,16H,2-5H2,1H3,(H,17,18). The number of hydrogen-bond donors (Lipinski definition) is 2. The highest BCUT2D eigenvalue weighted by molar-refractivity contribution is 5.98. The molecule has 3 rings (SSSR count). The zero-order chi connectivity index (χ0) is 12.7. The van der Waals surface area contributed by atoms with E-state index in [-0.39, 0.29) is 23.7 Å². The van der Waals surface area contributed by atoms with E-state index >= 15 is 0 Å². The normalized spacial score (nSPS) is 26.4. The Bertz CT molecular complexity index is 501. The van der Waals surface area contributed by atoms with E-state index in [0.717, 1.165) is 31.4 Å².